The van der Waals surface area contributed by atoms with Crippen LogP contribution in [0.1, 0.15) is 0 Å². The second-order valence-electron chi connectivity index (χ2n) is 0.892. The highest BCUT2D eigenvalue weighted by atomic mass is 35.5. The summed E-state index contributed by atoms with van der Waals surface area (Å²) in [5, 5.41) is 0. The summed E-state index contributed by atoms with van der Waals surface area (Å²) in [5.41, 5.74) is 0. The standard InChI is InChI=1S/CH4Cl2O4P2/c2-1(3,6-8-4)7-9-5/h8-9H2. The molecule has 9 heavy (non-hydrogen) atoms. The quantitative estimate of drug-likeness (QED) is 0.402. The summed E-state index contributed by atoms with van der Waals surface area (Å²) in [6, 6.07) is 0. The lowest BCUT2D eigenvalue weighted by Gasteiger charge is -2.11. The van der Waals surface area contributed by atoms with Crippen molar-refractivity contribution in [1.82, 2.24) is 0 Å². The Morgan fingerprint density at radius 2 is 1.44 bits per heavy atom. The van der Waals surface area contributed by atoms with Gasteiger partial charge in [-0.1, -0.05) is 0 Å². The lowest BCUT2D eigenvalue weighted by atomic mass is 11.5. The zero-order valence-corrected chi connectivity index (χ0v) is 7.86. The van der Waals surface area contributed by atoms with Gasteiger partial charge >= 0.3 is 4.71 Å². The Balaban J connectivity index is 3.68. The number of rotatable bonds is 4. The Morgan fingerprint density at radius 1 is 1.11 bits per heavy atom. The molecule has 2 unspecified atom stereocenters. The molecule has 0 bridgehead atoms. The topological polar surface area (TPSA) is 52.6 Å². The Morgan fingerprint density at radius 3 is 1.67 bits per heavy atom. The zero-order valence-electron chi connectivity index (χ0n) is 4.04. The van der Waals surface area contributed by atoms with Gasteiger partial charge in [-0.2, -0.15) is 0 Å². The van der Waals surface area contributed by atoms with Crippen LogP contribution in [0.2, 0.25) is 0 Å². The summed E-state index contributed by atoms with van der Waals surface area (Å²) in [6.45, 7) is 0. The van der Waals surface area contributed by atoms with Crippen LogP contribution in [-0.2, 0) is 18.2 Å². The molecule has 0 aromatic rings. The molecule has 0 N–H and O–H groups in total. The second-order valence-corrected chi connectivity index (χ2v) is 2.94. The first-order valence-corrected chi connectivity index (χ1v) is 4.37. The summed E-state index contributed by atoms with van der Waals surface area (Å²) >= 11 is 10.2. The molecular formula is CH4Cl2O4P2. The van der Waals surface area contributed by atoms with Crippen molar-refractivity contribution in [3.8, 4) is 0 Å². The van der Waals surface area contributed by atoms with Crippen molar-refractivity contribution >= 4 is 40.6 Å². The van der Waals surface area contributed by atoms with E-state index < -0.39 is 22.1 Å². The Bertz CT molecular complexity index is 103. The Labute approximate surface area is 64.0 Å². The predicted octanol–water partition coefficient (Wildman–Crippen LogP) is 1.45. The number of hydrogen-bond donors (Lipinski definition) is 0. The zero-order chi connectivity index (χ0) is 7.33. The van der Waals surface area contributed by atoms with E-state index in [0.29, 0.717) is 0 Å². The predicted molar refractivity (Wildman–Crippen MR) is 37.4 cm³/mol. The van der Waals surface area contributed by atoms with Crippen LogP contribution in [-0.4, -0.2) is 4.71 Å². The molecule has 0 aliphatic heterocycles. The van der Waals surface area contributed by atoms with E-state index in [1.54, 1.807) is 0 Å². The molecule has 0 rings (SSSR count). The molecule has 56 valence electrons. The molecule has 0 aromatic carbocycles. The van der Waals surface area contributed by atoms with Gasteiger partial charge in [0, 0.05) is 0 Å². The van der Waals surface area contributed by atoms with Gasteiger partial charge in [-0.15, -0.1) is 0 Å². The number of alkyl halides is 2. The Hall–Kier alpha value is 0.960. The molecule has 0 aliphatic rings. The molecule has 0 fully saturated rings. The minimum absolute atomic E-state index is 1.56. The molecule has 2 atom stereocenters. The smallest absolute Gasteiger partial charge is 0.299 e. The first-order chi connectivity index (χ1) is 4.12. The van der Waals surface area contributed by atoms with E-state index in [0.717, 1.165) is 0 Å². The maximum Gasteiger partial charge on any atom is 0.342 e. The molecule has 8 heteroatoms. The third-order valence-electron chi connectivity index (χ3n) is 0.371. The van der Waals surface area contributed by atoms with Crippen molar-refractivity contribution in [3.63, 3.8) is 0 Å². The fraction of sp³-hybridized carbons (Fsp3) is 1.00. The van der Waals surface area contributed by atoms with Crippen LogP contribution in [0.5, 0.6) is 0 Å². The van der Waals surface area contributed by atoms with Gasteiger partial charge in [-0.3, -0.25) is 18.2 Å². The van der Waals surface area contributed by atoms with E-state index in [-0.39, 0.29) is 0 Å². The van der Waals surface area contributed by atoms with E-state index in [1.165, 1.54) is 0 Å². The van der Waals surface area contributed by atoms with Crippen LogP contribution >= 0.6 is 40.6 Å². The molecule has 0 aliphatic carbocycles. The van der Waals surface area contributed by atoms with Gasteiger partial charge in [0.2, 0.25) is 0 Å². The molecule has 4 nitrogen and oxygen atoms in total. The maximum absolute atomic E-state index is 9.74. The van der Waals surface area contributed by atoms with Gasteiger partial charge in [0.1, 0.15) is 0 Å². The molecule has 0 radical (unpaired) electrons. The summed E-state index contributed by atoms with van der Waals surface area (Å²) in [5.74, 6) is 0. The molecule has 0 saturated carbocycles. The van der Waals surface area contributed by atoms with Gasteiger partial charge < -0.3 is 0 Å². The summed E-state index contributed by atoms with van der Waals surface area (Å²) < 4.78 is 25.7. The highest BCUT2D eigenvalue weighted by molar-refractivity contribution is 7.18. The van der Waals surface area contributed by atoms with Gasteiger partial charge in [0.15, 0.2) is 17.4 Å². The fourth-order valence-electron chi connectivity index (χ4n) is 0.140. The third kappa shape index (κ3) is 5.41. The van der Waals surface area contributed by atoms with Crippen molar-refractivity contribution in [3.05, 3.63) is 0 Å². The molecule has 0 aromatic heterocycles. The maximum atomic E-state index is 9.74. The first-order valence-electron chi connectivity index (χ1n) is 1.73. The van der Waals surface area contributed by atoms with Crippen LogP contribution < -0.4 is 0 Å². The highest BCUT2D eigenvalue weighted by Gasteiger charge is 2.24. The van der Waals surface area contributed by atoms with Crippen molar-refractivity contribution in [1.29, 1.82) is 0 Å². The lowest BCUT2D eigenvalue weighted by molar-refractivity contribution is 0.0614. The molecule has 0 spiro atoms. The van der Waals surface area contributed by atoms with Crippen LogP contribution in [0.3, 0.4) is 0 Å². The van der Waals surface area contributed by atoms with Gasteiger partial charge in [-0.05, 0) is 23.2 Å². The van der Waals surface area contributed by atoms with Crippen molar-refractivity contribution in [2.45, 2.75) is 4.71 Å². The van der Waals surface area contributed by atoms with E-state index in [2.05, 4.69) is 9.05 Å². The minimum atomic E-state index is -2.01. The van der Waals surface area contributed by atoms with Crippen molar-refractivity contribution in [2.24, 2.45) is 0 Å². The largest absolute Gasteiger partial charge is 0.342 e. The van der Waals surface area contributed by atoms with E-state index in [1.807, 2.05) is 0 Å². The second kappa shape index (κ2) is 4.73. The summed E-state index contributed by atoms with van der Waals surface area (Å²) in [6.07, 6.45) is 0. The average molecular weight is 213 g/mol. The normalized spacial score (nSPS) is 14.4. The van der Waals surface area contributed by atoms with Crippen LogP contribution in [0.4, 0.5) is 0 Å². The third-order valence-corrected chi connectivity index (χ3v) is 2.18. The van der Waals surface area contributed by atoms with E-state index >= 15 is 0 Å². The van der Waals surface area contributed by atoms with Crippen LogP contribution in [0.15, 0.2) is 0 Å². The Kier molecular flexibility index (Phi) is 5.23. The van der Waals surface area contributed by atoms with Gasteiger partial charge in [0.05, 0.1) is 0 Å². The van der Waals surface area contributed by atoms with Gasteiger partial charge in [-0.25, -0.2) is 0 Å². The number of halogens is 2. The summed E-state index contributed by atoms with van der Waals surface area (Å²) in [4.78, 5) is 0. The van der Waals surface area contributed by atoms with Crippen LogP contribution in [0.25, 0.3) is 0 Å². The van der Waals surface area contributed by atoms with E-state index in [9.17, 15) is 9.13 Å². The SMILES string of the molecule is O=[PH2]OC(Cl)(Cl)O[PH2]=O. The molecule has 0 heterocycles. The molecular weight excluding hydrogens is 209 g/mol. The average Bonchev–Trinajstić information content (AvgIpc) is 1.64. The van der Waals surface area contributed by atoms with Crippen molar-refractivity contribution < 1.29 is 18.2 Å². The van der Waals surface area contributed by atoms with Gasteiger partial charge in [0.25, 0.3) is 0 Å². The summed E-state index contributed by atoms with van der Waals surface area (Å²) in [7, 11) is -3.12. The number of hydrogen-bond acceptors (Lipinski definition) is 4. The minimum Gasteiger partial charge on any atom is -0.299 e. The van der Waals surface area contributed by atoms with Crippen LogP contribution in [0, 0.1) is 0 Å². The molecule has 0 amide bonds. The fourth-order valence-corrected chi connectivity index (χ4v) is 1.02. The highest BCUT2D eigenvalue weighted by Crippen LogP contribution is 2.31. The first kappa shape index (κ1) is 9.96. The monoisotopic (exact) mass is 212 g/mol. The van der Waals surface area contributed by atoms with E-state index in [4.69, 9.17) is 23.2 Å². The molecule has 0 saturated heterocycles. The lowest BCUT2D eigenvalue weighted by Crippen LogP contribution is -2.11. The van der Waals surface area contributed by atoms with Crippen molar-refractivity contribution in [2.75, 3.05) is 0 Å².